The molecule has 5 heterocycles. The van der Waals surface area contributed by atoms with Crippen LogP contribution >= 0.6 is 22.9 Å². The molecule has 2 aliphatic rings. The fourth-order valence-corrected chi connectivity index (χ4v) is 8.96. The third kappa shape index (κ3) is 7.56. The molecule has 12 nitrogen and oxygen atoms in total. The van der Waals surface area contributed by atoms with Crippen molar-refractivity contribution < 1.29 is 26.4 Å². The maximum absolute atomic E-state index is 14.1. The van der Waals surface area contributed by atoms with Crippen LogP contribution in [0.5, 0.6) is 0 Å². The number of thiophene rings is 1. The number of carbonyl (C=O) groups is 1. The summed E-state index contributed by atoms with van der Waals surface area (Å²) in [7, 11) is -2.02. The average molecular weight is 823 g/mol. The minimum atomic E-state index is -4.19. The molecule has 0 unspecified atom stereocenters. The molecule has 0 spiro atoms. The molecule has 1 aromatic carbocycles. The monoisotopic (exact) mass is 822 g/mol. The number of likely N-dealkylation sites (tertiary alicyclic amines) is 1. The molecule has 5 aromatic rings. The van der Waals surface area contributed by atoms with Crippen molar-refractivity contribution in [2.24, 2.45) is 5.92 Å². The number of hydrogen-bond donors (Lipinski definition) is 1. The number of fused-ring (bicyclic) bond motifs is 2. The lowest BCUT2D eigenvalue weighted by atomic mass is 10.00. The highest BCUT2D eigenvalue weighted by Crippen LogP contribution is 2.48. The van der Waals surface area contributed by atoms with Crippen molar-refractivity contribution in [2.45, 2.75) is 57.9 Å². The van der Waals surface area contributed by atoms with E-state index in [0.29, 0.717) is 69.5 Å². The van der Waals surface area contributed by atoms with Crippen LogP contribution in [0.2, 0.25) is 5.02 Å². The molecular formula is C38H34ClF3N8O4S2. The summed E-state index contributed by atoms with van der Waals surface area (Å²) in [5.41, 5.74) is 2.11. The predicted octanol–water partition coefficient (Wildman–Crippen LogP) is 5.88. The van der Waals surface area contributed by atoms with E-state index in [0.717, 1.165) is 0 Å². The summed E-state index contributed by atoms with van der Waals surface area (Å²) in [6.07, 6.45) is 0.0657. The lowest BCUT2D eigenvalue weighted by molar-refractivity contribution is -0.152. The summed E-state index contributed by atoms with van der Waals surface area (Å²) in [5, 5.41) is 12.4. The first kappa shape index (κ1) is 39.2. The molecule has 2 fully saturated rings. The van der Waals surface area contributed by atoms with Gasteiger partial charge in [0.1, 0.15) is 23.3 Å². The second-order valence-corrected chi connectivity index (χ2v) is 17.0. The van der Waals surface area contributed by atoms with Crippen LogP contribution in [0.4, 0.5) is 19.0 Å². The van der Waals surface area contributed by atoms with Crippen LogP contribution in [0.25, 0.3) is 32.2 Å². The highest BCUT2D eigenvalue weighted by Gasteiger charge is 2.58. The molecule has 0 bridgehead atoms. The van der Waals surface area contributed by atoms with Crippen LogP contribution in [0.15, 0.2) is 46.8 Å². The number of aryl methyl sites for hydroxylation is 1. The molecule has 1 aliphatic heterocycles. The highest BCUT2D eigenvalue weighted by molar-refractivity contribution is 7.90. The number of amides is 1. The van der Waals surface area contributed by atoms with E-state index in [2.05, 4.69) is 37.6 Å². The quantitative estimate of drug-likeness (QED) is 0.188. The molecule has 7 rings (SSSR count). The fourth-order valence-electron chi connectivity index (χ4n) is 7.22. The van der Waals surface area contributed by atoms with E-state index in [9.17, 15) is 36.4 Å². The van der Waals surface area contributed by atoms with Gasteiger partial charge in [-0.3, -0.25) is 24.0 Å². The van der Waals surface area contributed by atoms with Gasteiger partial charge in [-0.1, -0.05) is 23.4 Å². The number of hydrogen-bond acceptors (Lipinski definition) is 11. The number of nitrogens with one attached hydrogen (secondary N) is 1. The first-order chi connectivity index (χ1) is 26.6. The van der Waals surface area contributed by atoms with Crippen molar-refractivity contribution in [2.75, 3.05) is 30.8 Å². The lowest BCUT2D eigenvalue weighted by Gasteiger charge is -2.38. The van der Waals surface area contributed by atoms with Gasteiger partial charge in [0.05, 0.1) is 51.1 Å². The van der Waals surface area contributed by atoms with E-state index >= 15 is 0 Å². The molecule has 56 heavy (non-hydrogen) atoms. The van der Waals surface area contributed by atoms with Crippen LogP contribution in [0.3, 0.4) is 0 Å². The van der Waals surface area contributed by atoms with Crippen molar-refractivity contribution >= 4 is 65.8 Å². The molecular weight excluding hydrogens is 789 g/mol. The van der Waals surface area contributed by atoms with Crippen LogP contribution < -0.4 is 15.2 Å². The van der Waals surface area contributed by atoms with Gasteiger partial charge in [0, 0.05) is 65.5 Å². The van der Waals surface area contributed by atoms with Crippen LogP contribution in [-0.2, 0) is 16.6 Å². The zero-order valence-corrected chi connectivity index (χ0v) is 32.7. The Hall–Kier alpha value is -5.07. The van der Waals surface area contributed by atoms with Gasteiger partial charge in [0.15, 0.2) is 0 Å². The van der Waals surface area contributed by atoms with Crippen LogP contribution in [-0.4, -0.2) is 82.9 Å². The minimum absolute atomic E-state index is 0.0592. The topological polar surface area (TPSA) is 154 Å². The summed E-state index contributed by atoms with van der Waals surface area (Å²) in [4.78, 5) is 44.1. The molecule has 2 atom stereocenters. The summed E-state index contributed by atoms with van der Waals surface area (Å²) < 4.78 is 67.7. The third-order valence-electron chi connectivity index (χ3n) is 10.4. The van der Waals surface area contributed by atoms with Crippen LogP contribution in [0.1, 0.15) is 53.5 Å². The maximum atomic E-state index is 14.1. The number of aromatic nitrogens is 4. The number of sulfonamides is 1. The van der Waals surface area contributed by atoms with Crippen molar-refractivity contribution in [1.29, 1.82) is 5.26 Å². The zero-order chi connectivity index (χ0) is 40.1. The Morgan fingerprint density at radius 1 is 1.18 bits per heavy atom. The molecule has 4 aromatic heterocycles. The van der Waals surface area contributed by atoms with E-state index in [4.69, 9.17) is 11.6 Å². The zero-order valence-electron chi connectivity index (χ0n) is 30.3. The molecule has 1 aliphatic carbocycles. The number of anilines is 1. The second kappa shape index (κ2) is 15.1. The summed E-state index contributed by atoms with van der Waals surface area (Å²) >= 11 is 7.64. The van der Waals surface area contributed by atoms with E-state index in [1.807, 2.05) is 9.80 Å². The van der Waals surface area contributed by atoms with Gasteiger partial charge >= 0.3 is 6.18 Å². The molecule has 290 valence electrons. The SMILES string of the molecule is CCS(=O)(=O)NC(=O)c1csc2c(-c3cc(Cl)ccc3C#CCn3c(C)nc4cnc(N(C)C5CCN([C@@H]6C[C@H]6C(F)(F)F)CC5)c(C#N)c4c3=O)ccnc12. The van der Waals surface area contributed by atoms with E-state index in [-0.39, 0.29) is 46.8 Å². The maximum Gasteiger partial charge on any atom is 0.393 e. The number of nitrogens with zero attached hydrogens (tertiary/aromatic N) is 7. The Balaban J connectivity index is 1.16. The normalized spacial score (nSPS) is 17.7. The number of nitriles is 1. The standard InChI is InChI=1S/C38H34ClF3N8O4S2/c1-4-56(53,54)47-36(51)28-20-55-34-25(9-12-44-33(28)34)26-16-23(39)8-7-22(26)6-5-13-50-21(2)46-30-19-45-35(27(18-43)32(30)37(50)52)48(3)24-10-14-49(15-11-24)31-17-29(31)38(40,41)42/h7-9,12,16,19-20,24,29,31H,4,10-11,13-15,17H2,1-3H3,(H,47,51)/t29-,31-/m1/s1. The molecule has 0 radical (unpaired) electrons. The smallest absolute Gasteiger partial charge is 0.355 e. The summed E-state index contributed by atoms with van der Waals surface area (Å²) in [6, 6.07) is 8.44. The van der Waals surface area contributed by atoms with Gasteiger partial charge in [0.25, 0.3) is 11.5 Å². The lowest BCUT2D eigenvalue weighted by Crippen LogP contribution is -2.45. The Labute approximate surface area is 329 Å². The highest BCUT2D eigenvalue weighted by atomic mass is 35.5. The Bertz CT molecular complexity index is 2680. The first-order valence-corrected chi connectivity index (χ1v) is 20.6. The Kier molecular flexibility index (Phi) is 10.6. The number of benzene rings is 1. The van der Waals surface area contributed by atoms with E-state index in [1.54, 1.807) is 43.6 Å². The third-order valence-corrected chi connectivity index (χ3v) is 12.9. The fraction of sp³-hybridized carbons (Fsp3) is 0.368. The van der Waals surface area contributed by atoms with Gasteiger partial charge in [-0.05, 0) is 57.4 Å². The number of rotatable bonds is 8. The molecule has 1 N–H and O–H groups in total. The van der Waals surface area contributed by atoms with Crippen LogP contribution in [0, 0.1) is 36.0 Å². The molecule has 1 saturated heterocycles. The summed E-state index contributed by atoms with van der Waals surface area (Å²) in [5.74, 6) is 4.52. The summed E-state index contributed by atoms with van der Waals surface area (Å²) in [6.45, 7) is 3.99. The number of piperidine rings is 1. The number of alkyl halides is 3. The van der Waals surface area contributed by atoms with Crippen molar-refractivity contribution in [3.8, 4) is 29.0 Å². The van der Waals surface area contributed by atoms with Crippen molar-refractivity contribution in [3.05, 3.63) is 79.9 Å². The molecule has 1 amide bonds. The first-order valence-electron chi connectivity index (χ1n) is 17.7. The number of pyridine rings is 2. The van der Waals surface area contributed by atoms with Gasteiger partial charge in [0.2, 0.25) is 10.0 Å². The molecule has 18 heteroatoms. The number of carbonyl (C=O) groups excluding carboxylic acids is 1. The van der Waals surface area contributed by atoms with E-state index in [1.165, 1.54) is 35.2 Å². The predicted molar refractivity (Wildman–Crippen MR) is 208 cm³/mol. The van der Waals surface area contributed by atoms with Crippen molar-refractivity contribution in [1.82, 2.24) is 29.1 Å². The Morgan fingerprint density at radius 2 is 1.93 bits per heavy atom. The van der Waals surface area contributed by atoms with Gasteiger partial charge < -0.3 is 4.90 Å². The Morgan fingerprint density at radius 3 is 2.61 bits per heavy atom. The number of halogens is 4. The van der Waals surface area contributed by atoms with E-state index < -0.39 is 39.6 Å². The van der Waals surface area contributed by atoms with Gasteiger partial charge in [-0.25, -0.2) is 23.1 Å². The van der Waals surface area contributed by atoms with Gasteiger partial charge in [-0.15, -0.1) is 11.3 Å². The molecule has 1 saturated carbocycles. The average Bonchev–Trinajstić information content (AvgIpc) is 3.88. The largest absolute Gasteiger partial charge is 0.393 e. The van der Waals surface area contributed by atoms with Crippen molar-refractivity contribution in [3.63, 3.8) is 0 Å². The second-order valence-electron chi connectivity index (χ2n) is 13.7. The minimum Gasteiger partial charge on any atom is -0.355 e. The van der Waals surface area contributed by atoms with Gasteiger partial charge in [-0.2, -0.15) is 18.4 Å².